The number of benzene rings is 1. The van der Waals surface area contributed by atoms with Gasteiger partial charge in [0.2, 0.25) is 5.78 Å². The molecule has 0 saturated carbocycles. The molecule has 0 atom stereocenters. The molecule has 1 aromatic carbocycles. The van der Waals surface area contributed by atoms with Gasteiger partial charge in [-0.15, -0.1) is 11.3 Å². The van der Waals surface area contributed by atoms with Crippen LogP contribution in [0.15, 0.2) is 36.4 Å². The zero-order valence-corrected chi connectivity index (χ0v) is 12.8. The monoisotopic (exact) mass is 272 g/mol. The number of thiophene rings is 1. The van der Waals surface area contributed by atoms with Crippen molar-refractivity contribution in [1.82, 2.24) is 0 Å². The van der Waals surface area contributed by atoms with Gasteiger partial charge in [0.1, 0.15) is 0 Å². The maximum absolute atomic E-state index is 12.7. The molecule has 0 amide bonds. The lowest BCUT2D eigenvalue weighted by molar-refractivity contribution is 0.104. The second-order valence-corrected chi connectivity index (χ2v) is 6.91. The Morgan fingerprint density at radius 2 is 1.79 bits per heavy atom. The quantitative estimate of drug-likeness (QED) is 0.731. The van der Waals surface area contributed by atoms with Gasteiger partial charge in [0.15, 0.2) is 0 Å². The third-order valence-corrected chi connectivity index (χ3v) is 4.44. The Morgan fingerprint density at radius 3 is 2.37 bits per heavy atom. The van der Waals surface area contributed by atoms with Gasteiger partial charge in [-0.25, -0.2) is 0 Å². The number of hydrogen-bond donors (Lipinski definition) is 0. The van der Waals surface area contributed by atoms with Gasteiger partial charge < -0.3 is 0 Å². The average Bonchev–Trinajstić information content (AvgIpc) is 2.85. The summed E-state index contributed by atoms with van der Waals surface area (Å²) < 4.78 is 0. The molecule has 0 bridgehead atoms. The van der Waals surface area contributed by atoms with Gasteiger partial charge in [0, 0.05) is 10.4 Å². The van der Waals surface area contributed by atoms with Gasteiger partial charge in [0.25, 0.3) is 0 Å². The van der Waals surface area contributed by atoms with E-state index in [4.69, 9.17) is 0 Å². The van der Waals surface area contributed by atoms with Gasteiger partial charge in [0.05, 0.1) is 4.88 Å². The van der Waals surface area contributed by atoms with E-state index >= 15 is 0 Å². The molecular weight excluding hydrogens is 252 g/mol. The number of hydrogen-bond acceptors (Lipinski definition) is 2. The maximum atomic E-state index is 12.7. The maximum Gasteiger partial charge on any atom is 0.203 e. The lowest BCUT2D eigenvalue weighted by Gasteiger charge is -2.22. The minimum absolute atomic E-state index is 0.0168. The second kappa shape index (κ2) is 5.30. The van der Waals surface area contributed by atoms with E-state index in [1.165, 1.54) is 4.88 Å². The number of rotatable bonds is 3. The summed E-state index contributed by atoms with van der Waals surface area (Å²) >= 11 is 1.61. The fourth-order valence-electron chi connectivity index (χ4n) is 2.16. The first kappa shape index (κ1) is 14.0. The highest BCUT2D eigenvalue weighted by atomic mass is 32.1. The Labute approximate surface area is 119 Å². The standard InChI is InChI=1S/C17H20OS/c1-5-12-10-11-15(19-12)16(18)13-8-6-7-9-14(13)17(2,3)4/h6-11H,5H2,1-4H3. The Morgan fingerprint density at radius 1 is 1.11 bits per heavy atom. The van der Waals surface area contributed by atoms with Crippen molar-refractivity contribution < 1.29 is 4.79 Å². The predicted octanol–water partition coefficient (Wildman–Crippen LogP) is 4.84. The molecule has 100 valence electrons. The molecule has 1 nitrogen and oxygen atoms in total. The molecule has 2 rings (SSSR count). The number of aryl methyl sites for hydroxylation is 1. The highest BCUT2D eigenvalue weighted by molar-refractivity contribution is 7.14. The lowest BCUT2D eigenvalue weighted by Crippen LogP contribution is -2.16. The van der Waals surface area contributed by atoms with Gasteiger partial charge in [-0.3, -0.25) is 4.79 Å². The van der Waals surface area contributed by atoms with E-state index in [-0.39, 0.29) is 11.2 Å². The molecule has 19 heavy (non-hydrogen) atoms. The van der Waals surface area contributed by atoms with Crippen molar-refractivity contribution in [2.75, 3.05) is 0 Å². The smallest absolute Gasteiger partial charge is 0.203 e. The molecule has 0 N–H and O–H groups in total. The van der Waals surface area contributed by atoms with Crippen molar-refractivity contribution >= 4 is 17.1 Å². The van der Waals surface area contributed by atoms with E-state index in [1.54, 1.807) is 11.3 Å². The molecule has 0 fully saturated rings. The van der Waals surface area contributed by atoms with Crippen LogP contribution < -0.4 is 0 Å². The second-order valence-electron chi connectivity index (χ2n) is 5.74. The summed E-state index contributed by atoms with van der Waals surface area (Å²) in [6.45, 7) is 8.55. The molecule has 1 aromatic heterocycles. The van der Waals surface area contributed by atoms with E-state index in [1.807, 2.05) is 24.3 Å². The Hall–Kier alpha value is -1.41. The van der Waals surface area contributed by atoms with Crippen LogP contribution in [0.4, 0.5) is 0 Å². The van der Waals surface area contributed by atoms with Crippen LogP contribution in [0.3, 0.4) is 0 Å². The molecular formula is C17H20OS. The van der Waals surface area contributed by atoms with Gasteiger partial charge in [-0.2, -0.15) is 0 Å². The first-order valence-electron chi connectivity index (χ1n) is 6.66. The summed E-state index contributed by atoms with van der Waals surface area (Å²) in [5.41, 5.74) is 1.93. The summed E-state index contributed by atoms with van der Waals surface area (Å²) in [6.07, 6.45) is 0.985. The van der Waals surface area contributed by atoms with Gasteiger partial charge >= 0.3 is 0 Å². The lowest BCUT2D eigenvalue weighted by atomic mass is 9.82. The van der Waals surface area contributed by atoms with Crippen LogP contribution in [0, 0.1) is 0 Å². The van der Waals surface area contributed by atoms with Crippen LogP contribution in [-0.2, 0) is 11.8 Å². The minimum atomic E-state index is -0.0168. The molecule has 0 spiro atoms. The Kier molecular flexibility index (Phi) is 3.91. The minimum Gasteiger partial charge on any atom is -0.288 e. The van der Waals surface area contributed by atoms with E-state index in [2.05, 4.69) is 39.8 Å². The number of carbonyl (C=O) groups is 1. The molecule has 0 aliphatic heterocycles. The first-order valence-corrected chi connectivity index (χ1v) is 7.48. The number of carbonyl (C=O) groups excluding carboxylic acids is 1. The summed E-state index contributed by atoms with van der Waals surface area (Å²) in [5.74, 6) is 0.148. The summed E-state index contributed by atoms with van der Waals surface area (Å²) in [7, 11) is 0. The normalized spacial score (nSPS) is 11.6. The van der Waals surface area contributed by atoms with Crippen molar-refractivity contribution in [3.8, 4) is 0 Å². The molecule has 0 radical (unpaired) electrons. The van der Waals surface area contributed by atoms with Crippen LogP contribution in [0.2, 0.25) is 0 Å². The largest absolute Gasteiger partial charge is 0.288 e. The predicted molar refractivity (Wildman–Crippen MR) is 82.3 cm³/mol. The van der Waals surface area contributed by atoms with E-state index in [0.717, 1.165) is 22.4 Å². The average molecular weight is 272 g/mol. The van der Waals surface area contributed by atoms with Gasteiger partial charge in [-0.1, -0.05) is 52.0 Å². The van der Waals surface area contributed by atoms with Crippen LogP contribution in [0.1, 0.15) is 53.4 Å². The van der Waals surface area contributed by atoms with Crippen molar-refractivity contribution in [3.63, 3.8) is 0 Å². The van der Waals surface area contributed by atoms with Gasteiger partial charge in [-0.05, 0) is 29.5 Å². The van der Waals surface area contributed by atoms with Crippen LogP contribution in [-0.4, -0.2) is 5.78 Å². The third-order valence-electron chi connectivity index (χ3n) is 3.21. The fraction of sp³-hybridized carbons (Fsp3) is 0.353. The molecule has 0 aliphatic carbocycles. The van der Waals surface area contributed by atoms with E-state index in [0.29, 0.717) is 0 Å². The molecule has 0 aliphatic rings. The Balaban J connectivity index is 2.44. The van der Waals surface area contributed by atoms with Crippen molar-refractivity contribution in [1.29, 1.82) is 0 Å². The highest BCUT2D eigenvalue weighted by Gasteiger charge is 2.22. The summed E-state index contributed by atoms with van der Waals surface area (Å²) in [6, 6.07) is 11.9. The summed E-state index contributed by atoms with van der Waals surface area (Å²) in [5, 5.41) is 0. The highest BCUT2D eigenvalue weighted by Crippen LogP contribution is 2.29. The zero-order valence-electron chi connectivity index (χ0n) is 12.0. The summed E-state index contributed by atoms with van der Waals surface area (Å²) in [4.78, 5) is 14.8. The first-order chi connectivity index (χ1) is 8.93. The zero-order chi connectivity index (χ0) is 14.0. The van der Waals surface area contributed by atoms with Crippen molar-refractivity contribution in [2.24, 2.45) is 0 Å². The molecule has 2 heteroatoms. The van der Waals surface area contributed by atoms with E-state index in [9.17, 15) is 4.79 Å². The fourth-order valence-corrected chi connectivity index (χ4v) is 3.06. The van der Waals surface area contributed by atoms with Crippen molar-refractivity contribution in [3.05, 3.63) is 57.3 Å². The molecule has 0 unspecified atom stereocenters. The van der Waals surface area contributed by atoms with Crippen LogP contribution >= 0.6 is 11.3 Å². The number of ketones is 1. The van der Waals surface area contributed by atoms with Crippen LogP contribution in [0.5, 0.6) is 0 Å². The molecule has 2 aromatic rings. The van der Waals surface area contributed by atoms with E-state index < -0.39 is 0 Å². The molecule has 0 saturated heterocycles. The topological polar surface area (TPSA) is 17.1 Å². The Bertz CT molecular complexity index is 587. The molecule has 1 heterocycles. The third kappa shape index (κ3) is 2.95. The SMILES string of the molecule is CCc1ccc(C(=O)c2ccccc2C(C)(C)C)s1. The van der Waals surface area contributed by atoms with Crippen molar-refractivity contribution in [2.45, 2.75) is 39.5 Å². The van der Waals surface area contributed by atoms with Crippen LogP contribution in [0.25, 0.3) is 0 Å².